The minimum absolute atomic E-state index is 0.0392. The van der Waals surface area contributed by atoms with E-state index >= 15 is 0 Å². The normalized spacial score (nSPS) is 13.5. The zero-order valence-corrected chi connectivity index (χ0v) is 41.2. The van der Waals surface area contributed by atoms with E-state index in [1.54, 1.807) is 0 Å². The molecule has 0 atom stereocenters. The van der Waals surface area contributed by atoms with E-state index in [1.807, 2.05) is 11.3 Å². The van der Waals surface area contributed by atoms with Crippen LogP contribution in [0.15, 0.2) is 188 Å². The second-order valence-electron chi connectivity index (χ2n) is 21.8. The average Bonchev–Trinajstić information content (AvgIpc) is 3.71. The summed E-state index contributed by atoms with van der Waals surface area (Å²) in [4.78, 5) is 5.11. The zero-order valence-electron chi connectivity index (χ0n) is 40.4. The molecule has 11 rings (SSSR count). The summed E-state index contributed by atoms with van der Waals surface area (Å²) in [5, 5.41) is 1.29. The summed E-state index contributed by atoms with van der Waals surface area (Å²) in [7, 11) is 0. The Hall–Kier alpha value is -6.62. The van der Waals surface area contributed by atoms with Gasteiger partial charge in [0.15, 0.2) is 0 Å². The van der Waals surface area contributed by atoms with Crippen molar-refractivity contribution in [1.29, 1.82) is 0 Å². The molecule has 0 bridgehead atoms. The highest BCUT2D eigenvalue weighted by molar-refractivity contribution is 7.33. The molecule has 2 aliphatic heterocycles. The molecule has 0 unspecified atom stereocenters. The van der Waals surface area contributed by atoms with E-state index in [0.29, 0.717) is 0 Å². The van der Waals surface area contributed by atoms with Crippen LogP contribution in [0.5, 0.6) is 0 Å². The smallest absolute Gasteiger partial charge is 0.264 e. The molecule has 0 saturated heterocycles. The van der Waals surface area contributed by atoms with E-state index in [-0.39, 0.29) is 28.9 Å². The van der Waals surface area contributed by atoms with Crippen molar-refractivity contribution >= 4 is 78.0 Å². The maximum absolute atomic E-state index is 2.57. The standard InChI is InChI=1S/C63H59BN2S/c1-61(2,3)46-32-25-41(26-33-46)44-17-15-20-50(39-44)66-54-23-16-22-53-58(54)64(60-59(66)51-21-13-14-24-56(51)67-60)52-38-31-45(40-55(52)65(53)49-18-11-10-12-19-49)57(42-27-34-47(35-28-42)62(4,5)6)43-29-36-48(37-30-43)63(7,8)9/h10-40,57H,1-9H3. The fourth-order valence-corrected chi connectivity index (χ4v) is 11.9. The molecule has 0 spiro atoms. The lowest BCUT2D eigenvalue weighted by Gasteiger charge is -2.43. The van der Waals surface area contributed by atoms with Gasteiger partial charge in [0.05, 0.1) is 5.69 Å². The molecule has 0 radical (unpaired) electrons. The van der Waals surface area contributed by atoms with Gasteiger partial charge in [-0.05, 0) is 120 Å². The number of benzene rings is 8. The molecule has 8 aromatic carbocycles. The second kappa shape index (κ2) is 16.0. The summed E-state index contributed by atoms with van der Waals surface area (Å²) in [5.74, 6) is 0.0392. The number of nitrogens with zero attached hydrogens (tertiary/aromatic N) is 2. The first-order valence-corrected chi connectivity index (χ1v) is 24.8. The minimum Gasteiger partial charge on any atom is -0.311 e. The van der Waals surface area contributed by atoms with Crippen molar-refractivity contribution < 1.29 is 0 Å². The molecule has 0 aliphatic carbocycles. The van der Waals surface area contributed by atoms with E-state index in [0.717, 1.165) is 5.69 Å². The van der Waals surface area contributed by atoms with Gasteiger partial charge in [0.1, 0.15) is 0 Å². The van der Waals surface area contributed by atoms with Gasteiger partial charge < -0.3 is 9.80 Å². The number of hydrogen-bond donors (Lipinski definition) is 0. The van der Waals surface area contributed by atoms with Crippen LogP contribution in [0.3, 0.4) is 0 Å². The van der Waals surface area contributed by atoms with Crippen LogP contribution in [0.2, 0.25) is 0 Å². The van der Waals surface area contributed by atoms with Gasteiger partial charge in [0.2, 0.25) is 0 Å². The summed E-state index contributed by atoms with van der Waals surface area (Å²) in [5.41, 5.74) is 20.6. The van der Waals surface area contributed by atoms with Crippen LogP contribution in [0.25, 0.3) is 21.2 Å². The number of anilines is 6. The van der Waals surface area contributed by atoms with Crippen LogP contribution in [0.4, 0.5) is 34.1 Å². The van der Waals surface area contributed by atoms with Crippen molar-refractivity contribution in [2.45, 2.75) is 84.5 Å². The van der Waals surface area contributed by atoms with Crippen LogP contribution in [0, 0.1) is 0 Å². The lowest BCUT2D eigenvalue weighted by Crippen LogP contribution is -2.60. The highest BCUT2D eigenvalue weighted by atomic mass is 32.1. The maximum atomic E-state index is 2.57. The Kier molecular flexibility index (Phi) is 10.3. The van der Waals surface area contributed by atoms with Gasteiger partial charge in [0, 0.05) is 49.2 Å². The van der Waals surface area contributed by atoms with Gasteiger partial charge in [0.25, 0.3) is 6.71 Å². The van der Waals surface area contributed by atoms with Crippen LogP contribution < -0.4 is 25.5 Å². The predicted octanol–water partition coefficient (Wildman–Crippen LogP) is 15.7. The Bertz CT molecular complexity index is 3230. The number of para-hydroxylation sites is 1. The largest absolute Gasteiger partial charge is 0.311 e. The van der Waals surface area contributed by atoms with Gasteiger partial charge in [-0.1, -0.05) is 202 Å². The summed E-state index contributed by atoms with van der Waals surface area (Å²) >= 11 is 1.95. The Labute approximate surface area is 402 Å². The van der Waals surface area contributed by atoms with E-state index in [9.17, 15) is 0 Å². The van der Waals surface area contributed by atoms with Crippen LogP contribution in [-0.4, -0.2) is 6.71 Å². The Morgan fingerprint density at radius 3 is 1.55 bits per heavy atom. The quantitative estimate of drug-likeness (QED) is 0.121. The average molecular weight is 887 g/mol. The molecule has 1 aromatic heterocycles. The van der Waals surface area contributed by atoms with Crippen molar-refractivity contribution in [3.63, 3.8) is 0 Å². The first kappa shape index (κ1) is 43.0. The fourth-order valence-electron chi connectivity index (χ4n) is 10.6. The van der Waals surface area contributed by atoms with Crippen LogP contribution >= 0.6 is 11.3 Å². The molecule has 2 aliphatic rings. The third-order valence-electron chi connectivity index (χ3n) is 14.3. The van der Waals surface area contributed by atoms with Crippen molar-refractivity contribution in [2.75, 3.05) is 9.80 Å². The molecule has 9 aromatic rings. The molecular weight excluding hydrogens is 828 g/mol. The Morgan fingerprint density at radius 1 is 0.418 bits per heavy atom. The first-order chi connectivity index (χ1) is 32.1. The lowest BCUT2D eigenvalue weighted by atomic mass is 9.36. The Morgan fingerprint density at radius 2 is 0.940 bits per heavy atom. The summed E-state index contributed by atoms with van der Waals surface area (Å²) in [6.45, 7) is 20.7. The Balaban J connectivity index is 1.12. The third-order valence-corrected chi connectivity index (χ3v) is 15.5. The molecule has 2 nitrogen and oxygen atoms in total. The van der Waals surface area contributed by atoms with Crippen molar-refractivity contribution in [1.82, 2.24) is 0 Å². The molecule has 330 valence electrons. The number of thiophene rings is 1. The molecule has 67 heavy (non-hydrogen) atoms. The van der Waals surface area contributed by atoms with E-state index in [1.165, 1.54) is 98.7 Å². The molecule has 0 saturated carbocycles. The highest BCUT2D eigenvalue weighted by Gasteiger charge is 2.45. The molecule has 4 heteroatoms. The molecule has 0 amide bonds. The van der Waals surface area contributed by atoms with Crippen molar-refractivity contribution in [3.8, 4) is 11.1 Å². The second-order valence-corrected chi connectivity index (χ2v) is 22.9. The van der Waals surface area contributed by atoms with Crippen LogP contribution in [0.1, 0.15) is 102 Å². The van der Waals surface area contributed by atoms with Gasteiger partial charge in [-0.2, -0.15) is 0 Å². The topological polar surface area (TPSA) is 6.48 Å². The number of hydrogen-bond acceptors (Lipinski definition) is 3. The van der Waals surface area contributed by atoms with Gasteiger partial charge >= 0.3 is 0 Å². The SMILES string of the molecule is CC(C)(C)c1ccc(-c2cccc(N3c4cccc5c4B(c4ccc(C(c6ccc(C(C)(C)C)cc6)c6ccc(C(C)(C)C)cc6)cc4N5c4ccccc4)c4sc5ccccc5c43)c2)cc1. The van der Waals surface area contributed by atoms with Gasteiger partial charge in [-0.25, -0.2) is 0 Å². The zero-order chi connectivity index (χ0) is 46.4. The molecule has 0 N–H and O–H groups in total. The molecule has 3 heterocycles. The summed E-state index contributed by atoms with van der Waals surface area (Å²) in [6, 6.07) is 71.6. The highest BCUT2D eigenvalue weighted by Crippen LogP contribution is 2.49. The fraction of sp³-hybridized carbons (Fsp3) is 0.206. The molecule has 0 fully saturated rings. The number of rotatable bonds is 6. The lowest BCUT2D eigenvalue weighted by molar-refractivity contribution is 0.589. The van der Waals surface area contributed by atoms with E-state index in [4.69, 9.17) is 0 Å². The minimum atomic E-state index is 0.0392. The third kappa shape index (κ3) is 7.51. The predicted molar refractivity (Wildman–Crippen MR) is 291 cm³/mol. The van der Waals surface area contributed by atoms with Crippen LogP contribution in [-0.2, 0) is 16.2 Å². The monoisotopic (exact) mass is 886 g/mol. The van der Waals surface area contributed by atoms with E-state index < -0.39 is 0 Å². The summed E-state index contributed by atoms with van der Waals surface area (Å²) < 4.78 is 2.69. The molecular formula is C63H59BN2S. The number of fused-ring (bicyclic) bond motifs is 6. The van der Waals surface area contributed by atoms with Gasteiger partial charge in [-0.15, -0.1) is 11.3 Å². The summed E-state index contributed by atoms with van der Waals surface area (Å²) in [6.07, 6.45) is 0. The van der Waals surface area contributed by atoms with Gasteiger partial charge in [-0.3, -0.25) is 0 Å². The van der Waals surface area contributed by atoms with Crippen molar-refractivity contribution in [3.05, 3.63) is 221 Å². The first-order valence-electron chi connectivity index (χ1n) is 24.0. The maximum Gasteiger partial charge on any atom is 0.264 e. The van der Waals surface area contributed by atoms with Crippen molar-refractivity contribution in [2.24, 2.45) is 0 Å². The van der Waals surface area contributed by atoms with E-state index in [2.05, 4.69) is 260 Å².